The van der Waals surface area contributed by atoms with Crippen LogP contribution in [0.1, 0.15) is 23.7 Å². The summed E-state index contributed by atoms with van der Waals surface area (Å²) in [5.41, 5.74) is 0.713. The van der Waals surface area contributed by atoms with Crippen molar-refractivity contribution in [1.29, 1.82) is 0 Å². The Hall–Kier alpha value is -1.43. The minimum atomic E-state index is -4.31. The van der Waals surface area contributed by atoms with Crippen molar-refractivity contribution < 1.29 is 18.0 Å². The molecule has 19 heavy (non-hydrogen) atoms. The number of carbonyl (C=O) groups excluding carboxylic acids is 1. The third-order valence-electron chi connectivity index (χ3n) is 2.41. The quantitative estimate of drug-likeness (QED) is 0.893. The second-order valence-electron chi connectivity index (χ2n) is 4.13. The molecule has 1 amide bonds. The number of nitrogens with one attached hydrogen (secondary N) is 2. The van der Waals surface area contributed by atoms with Crippen LogP contribution in [0.5, 0.6) is 0 Å². The van der Waals surface area contributed by atoms with Crippen LogP contribution >= 0.6 is 11.6 Å². The molecule has 0 radical (unpaired) electrons. The number of benzene rings is 1. The fraction of sp³-hybridized carbons (Fsp3) is 0.417. The smallest absolute Gasteiger partial charge is 0.387 e. The molecule has 0 saturated carbocycles. The van der Waals surface area contributed by atoms with E-state index in [1.807, 2.05) is 0 Å². The fourth-order valence-electron chi connectivity index (χ4n) is 1.62. The highest BCUT2D eigenvalue weighted by Gasteiger charge is 2.30. The van der Waals surface area contributed by atoms with Gasteiger partial charge < -0.3 is 10.6 Å². The van der Waals surface area contributed by atoms with Crippen LogP contribution in [0, 0.1) is 0 Å². The zero-order valence-electron chi connectivity index (χ0n) is 10.4. The number of carbonyl (C=O) groups is 1. The molecule has 3 nitrogen and oxygen atoms in total. The molecule has 7 heteroatoms. The normalized spacial score (nSPS) is 12.9. The molecule has 1 atom stereocenters. The number of hydrogen-bond donors (Lipinski definition) is 2. The average molecular weight is 295 g/mol. The molecule has 0 aliphatic rings. The zero-order chi connectivity index (χ0) is 14.6. The monoisotopic (exact) mass is 294 g/mol. The van der Waals surface area contributed by atoms with Crippen LogP contribution in [0.15, 0.2) is 18.2 Å². The SMILES string of the molecule is CNc1ccc(Cl)cc1C(=O)NC(C)CC(F)(F)F. The average Bonchev–Trinajstić information content (AvgIpc) is 2.26. The van der Waals surface area contributed by atoms with Crippen molar-refractivity contribution in [3.63, 3.8) is 0 Å². The summed E-state index contributed by atoms with van der Waals surface area (Å²) >= 11 is 5.77. The van der Waals surface area contributed by atoms with Gasteiger partial charge in [0.1, 0.15) is 0 Å². The first-order valence-corrected chi connectivity index (χ1v) is 5.95. The number of rotatable bonds is 4. The second kappa shape index (κ2) is 6.14. The third kappa shape index (κ3) is 4.98. The van der Waals surface area contributed by atoms with Crippen molar-refractivity contribution in [2.45, 2.75) is 25.6 Å². The molecule has 1 rings (SSSR count). The predicted molar refractivity (Wildman–Crippen MR) is 68.6 cm³/mol. The van der Waals surface area contributed by atoms with Crippen molar-refractivity contribution in [2.24, 2.45) is 0 Å². The largest absolute Gasteiger partial charge is 0.391 e. The number of anilines is 1. The van der Waals surface area contributed by atoms with E-state index in [2.05, 4.69) is 10.6 Å². The maximum Gasteiger partial charge on any atom is 0.391 e. The van der Waals surface area contributed by atoms with Crippen molar-refractivity contribution in [3.05, 3.63) is 28.8 Å². The van der Waals surface area contributed by atoms with E-state index < -0.39 is 24.5 Å². The van der Waals surface area contributed by atoms with Crippen LogP contribution in [0.25, 0.3) is 0 Å². The molecule has 1 aromatic carbocycles. The predicted octanol–water partition coefficient (Wildman–Crippen LogP) is 3.45. The van der Waals surface area contributed by atoms with Crippen LogP contribution in [-0.2, 0) is 0 Å². The number of halogens is 4. The van der Waals surface area contributed by atoms with Crippen LogP contribution < -0.4 is 10.6 Å². The molecule has 0 heterocycles. The summed E-state index contributed by atoms with van der Waals surface area (Å²) in [6.45, 7) is 1.30. The number of alkyl halides is 3. The maximum atomic E-state index is 12.2. The lowest BCUT2D eigenvalue weighted by atomic mass is 10.1. The van der Waals surface area contributed by atoms with E-state index in [1.165, 1.54) is 13.0 Å². The van der Waals surface area contributed by atoms with E-state index in [9.17, 15) is 18.0 Å². The Labute approximate surface area is 114 Å². The molecule has 0 aliphatic carbocycles. The molecule has 106 valence electrons. The van der Waals surface area contributed by atoms with Gasteiger partial charge in [-0.05, 0) is 25.1 Å². The summed E-state index contributed by atoms with van der Waals surface area (Å²) in [5, 5.41) is 5.42. The van der Waals surface area contributed by atoms with Crippen LogP contribution in [0.3, 0.4) is 0 Å². The highest BCUT2D eigenvalue weighted by Crippen LogP contribution is 2.23. The van der Waals surface area contributed by atoms with Gasteiger partial charge in [0, 0.05) is 23.8 Å². The minimum absolute atomic E-state index is 0.212. The minimum Gasteiger partial charge on any atom is -0.387 e. The highest BCUT2D eigenvalue weighted by molar-refractivity contribution is 6.31. The first-order valence-electron chi connectivity index (χ1n) is 5.58. The number of hydrogen-bond acceptors (Lipinski definition) is 2. The van der Waals surface area contributed by atoms with E-state index in [1.54, 1.807) is 19.2 Å². The summed E-state index contributed by atoms with van der Waals surface area (Å²) in [4.78, 5) is 11.9. The Morgan fingerprint density at radius 2 is 2.05 bits per heavy atom. The number of amides is 1. The lowest BCUT2D eigenvalue weighted by Gasteiger charge is -2.17. The van der Waals surface area contributed by atoms with E-state index in [0.717, 1.165) is 0 Å². The third-order valence-corrected chi connectivity index (χ3v) is 2.65. The molecule has 0 bridgehead atoms. The van der Waals surface area contributed by atoms with E-state index >= 15 is 0 Å². The molecule has 0 fully saturated rings. The Morgan fingerprint density at radius 3 is 2.58 bits per heavy atom. The van der Waals surface area contributed by atoms with E-state index in [-0.39, 0.29) is 5.56 Å². The topological polar surface area (TPSA) is 41.1 Å². The molecular weight excluding hydrogens is 281 g/mol. The molecule has 0 aromatic heterocycles. The molecule has 1 aromatic rings. The van der Waals surface area contributed by atoms with Gasteiger partial charge >= 0.3 is 6.18 Å². The Bertz CT molecular complexity index is 463. The van der Waals surface area contributed by atoms with Gasteiger partial charge in [0.25, 0.3) is 5.91 Å². The van der Waals surface area contributed by atoms with Gasteiger partial charge in [-0.3, -0.25) is 4.79 Å². The van der Waals surface area contributed by atoms with Crippen molar-refractivity contribution >= 4 is 23.2 Å². The lowest BCUT2D eigenvalue weighted by Crippen LogP contribution is -2.36. The summed E-state index contributed by atoms with van der Waals surface area (Å²) in [6.07, 6.45) is -5.39. The molecule has 0 saturated heterocycles. The molecular formula is C12H14ClF3N2O. The van der Waals surface area contributed by atoms with Crippen molar-refractivity contribution in [2.75, 3.05) is 12.4 Å². The van der Waals surface area contributed by atoms with Gasteiger partial charge in [0.2, 0.25) is 0 Å². The summed E-state index contributed by atoms with van der Waals surface area (Å²) < 4.78 is 36.6. The Balaban J connectivity index is 2.81. The molecule has 0 aliphatic heterocycles. The van der Waals surface area contributed by atoms with Crippen molar-refractivity contribution in [1.82, 2.24) is 5.32 Å². The van der Waals surface area contributed by atoms with Gasteiger partial charge in [-0.25, -0.2) is 0 Å². The van der Waals surface area contributed by atoms with E-state index in [4.69, 9.17) is 11.6 Å². The van der Waals surface area contributed by atoms with Crippen LogP contribution in [-0.4, -0.2) is 25.2 Å². The summed E-state index contributed by atoms with van der Waals surface area (Å²) in [6, 6.07) is 3.58. The maximum absolute atomic E-state index is 12.2. The first-order chi connectivity index (χ1) is 8.73. The molecule has 1 unspecified atom stereocenters. The fourth-order valence-corrected chi connectivity index (χ4v) is 1.79. The van der Waals surface area contributed by atoms with Crippen LogP contribution in [0.4, 0.5) is 18.9 Å². The first kappa shape index (κ1) is 15.6. The second-order valence-corrected chi connectivity index (χ2v) is 4.57. The van der Waals surface area contributed by atoms with Crippen molar-refractivity contribution in [3.8, 4) is 0 Å². The summed E-state index contributed by atoms with van der Waals surface area (Å²) in [5.74, 6) is -0.594. The van der Waals surface area contributed by atoms with Gasteiger partial charge in [-0.2, -0.15) is 13.2 Å². The summed E-state index contributed by atoms with van der Waals surface area (Å²) in [7, 11) is 1.61. The molecule has 0 spiro atoms. The zero-order valence-corrected chi connectivity index (χ0v) is 11.2. The van der Waals surface area contributed by atoms with Gasteiger partial charge in [-0.15, -0.1) is 0 Å². The lowest BCUT2D eigenvalue weighted by molar-refractivity contribution is -0.138. The Morgan fingerprint density at radius 1 is 1.42 bits per heavy atom. The van der Waals surface area contributed by atoms with Crippen LogP contribution in [0.2, 0.25) is 5.02 Å². The van der Waals surface area contributed by atoms with Gasteiger partial charge in [0.05, 0.1) is 12.0 Å². The van der Waals surface area contributed by atoms with Gasteiger partial charge in [-0.1, -0.05) is 11.6 Å². The molecule has 2 N–H and O–H groups in total. The van der Waals surface area contributed by atoms with Gasteiger partial charge in [0.15, 0.2) is 0 Å². The standard InChI is InChI=1S/C12H14ClF3N2O/c1-7(6-12(14,15)16)18-11(19)9-5-8(13)3-4-10(9)17-2/h3-5,7,17H,6H2,1-2H3,(H,18,19). The van der Waals surface area contributed by atoms with E-state index in [0.29, 0.717) is 10.7 Å². The Kier molecular flexibility index (Phi) is 5.05. The highest BCUT2D eigenvalue weighted by atomic mass is 35.5.